The van der Waals surface area contributed by atoms with Crippen LogP contribution in [0.25, 0.3) is 22.3 Å². The molecule has 0 aliphatic rings. The van der Waals surface area contributed by atoms with Gasteiger partial charge in [0.05, 0.1) is 19.7 Å². The topological polar surface area (TPSA) is 168 Å². The van der Waals surface area contributed by atoms with Crippen LogP contribution in [0.4, 0.5) is 16.3 Å². The number of hydrogen-bond acceptors (Lipinski definition) is 9. The Morgan fingerprint density at radius 1 is 0.780 bits per heavy atom. The number of aromatic amines is 1. The maximum absolute atomic E-state index is 11.5. The maximum atomic E-state index is 11.5. The number of fused-ring (bicyclic) bond motifs is 2. The summed E-state index contributed by atoms with van der Waals surface area (Å²) in [6.45, 7) is 8.77. The molecule has 0 aliphatic carbocycles. The molecule has 0 amide bonds. The first-order valence-electron chi connectivity index (χ1n) is 14.5. The van der Waals surface area contributed by atoms with Gasteiger partial charge in [0, 0.05) is 14.3 Å². The molecule has 12 nitrogen and oxygen atoms in total. The highest BCUT2D eigenvalue weighted by Gasteiger charge is 2.17. The van der Waals surface area contributed by atoms with Crippen molar-refractivity contribution < 1.29 is 9.44 Å². The number of H-pyrrole nitrogens is 1. The van der Waals surface area contributed by atoms with Crippen molar-refractivity contribution in [2.75, 3.05) is 23.4 Å². The van der Waals surface area contributed by atoms with E-state index in [1.807, 2.05) is 59.2 Å². The number of allylic oxidation sites excluding steroid dienone is 1. The minimum atomic E-state index is -0.488. The maximum Gasteiger partial charge on any atom is 0.348 e. The Bertz CT molecular complexity index is 2140. The summed E-state index contributed by atoms with van der Waals surface area (Å²) in [5.41, 5.74) is 15.5. The zero-order valence-electron chi connectivity index (χ0n) is 26.3. The number of hydrogen-bond donors (Lipinski definition) is 3. The van der Waals surface area contributed by atoms with Gasteiger partial charge < -0.3 is 16.2 Å². The van der Waals surface area contributed by atoms with Gasteiger partial charge in [-0.05, 0) is 80.1 Å². The van der Waals surface area contributed by atoms with Gasteiger partial charge in [-0.1, -0.05) is 84.2 Å². The first kappa shape index (κ1) is 41.0. The number of halogens is 6. The van der Waals surface area contributed by atoms with E-state index in [2.05, 4.69) is 123 Å². The largest absolute Gasteiger partial charge is 0.463 e. The number of anilines is 2. The van der Waals surface area contributed by atoms with Gasteiger partial charge >= 0.3 is 11.7 Å². The molecule has 264 valence electrons. The van der Waals surface area contributed by atoms with E-state index in [1.54, 1.807) is 10.6 Å². The molecule has 4 aromatic heterocycles. The fraction of sp³-hybridized carbons (Fsp3) is 0.188. The molecular weight excluding hydrogens is 975 g/mol. The molecule has 18 heteroatoms. The minimum Gasteiger partial charge on any atom is -0.463 e. The van der Waals surface area contributed by atoms with Crippen molar-refractivity contribution in [1.82, 2.24) is 39.0 Å². The lowest BCUT2D eigenvalue weighted by atomic mass is 10.2. The van der Waals surface area contributed by atoms with Crippen LogP contribution in [0.5, 0.6) is 6.01 Å². The second kappa shape index (κ2) is 19.8. The monoisotopic (exact) mass is 1000 g/mol. The third-order valence-electron chi connectivity index (χ3n) is 6.48. The standard InChI is InChI=1S/C16H15Br2N5O.C12H9Br2N5O.C4H7Br.FH/c1-2-3-7-24-16-21-13(19)12-14(22-16)23(15(18)20-12)9-10-5-4-6-11(17)8-10;13-7-3-1-2-6(4-7)5-19-10-8(16-11(19)14)9(15)17-12(20)18-10;1-2-3-4-5;/h2,4-6,8H,1,3,7,9H2,(H2,19,21,22);1-4H,5H2,(H3,15,17,18,20);2H,1,3-4H2;1H. The Morgan fingerprint density at radius 3 is 1.82 bits per heavy atom. The van der Waals surface area contributed by atoms with Crippen LogP contribution in [0.3, 0.4) is 0 Å². The highest BCUT2D eigenvalue weighted by molar-refractivity contribution is 9.11. The van der Waals surface area contributed by atoms with E-state index in [0.717, 1.165) is 31.8 Å². The summed E-state index contributed by atoms with van der Waals surface area (Å²) in [4.78, 5) is 35.1. The number of alkyl halides is 1. The lowest BCUT2D eigenvalue weighted by Gasteiger charge is -2.08. The van der Waals surface area contributed by atoms with Crippen molar-refractivity contribution in [3.05, 3.63) is 114 Å². The number of imidazole rings is 2. The van der Waals surface area contributed by atoms with Gasteiger partial charge in [0.2, 0.25) is 0 Å². The van der Waals surface area contributed by atoms with Crippen LogP contribution in [-0.4, -0.2) is 51.0 Å². The molecule has 6 rings (SSSR count). The van der Waals surface area contributed by atoms with Gasteiger partial charge in [-0.3, -0.25) is 18.8 Å². The van der Waals surface area contributed by atoms with E-state index in [4.69, 9.17) is 16.2 Å². The second-order valence-corrected chi connectivity index (χ2v) is 14.1. The molecule has 0 aliphatic heterocycles. The Kier molecular flexibility index (Phi) is 16.2. The highest BCUT2D eigenvalue weighted by Crippen LogP contribution is 2.26. The summed E-state index contributed by atoms with van der Waals surface area (Å²) < 4.78 is 12.5. The van der Waals surface area contributed by atoms with Gasteiger partial charge in [0.15, 0.2) is 32.1 Å². The van der Waals surface area contributed by atoms with E-state index < -0.39 is 5.69 Å². The average Bonchev–Trinajstić information content (AvgIpc) is 3.54. The molecule has 0 spiro atoms. The molecule has 4 heterocycles. The van der Waals surface area contributed by atoms with Crippen molar-refractivity contribution in [2.45, 2.75) is 25.9 Å². The number of aromatic nitrogens is 8. The van der Waals surface area contributed by atoms with E-state index in [0.29, 0.717) is 63.7 Å². The van der Waals surface area contributed by atoms with Crippen LogP contribution in [0.15, 0.2) is 97.0 Å². The summed E-state index contributed by atoms with van der Waals surface area (Å²) in [6, 6.07) is 16.2. The number of nitrogens with one attached hydrogen (secondary N) is 1. The van der Waals surface area contributed by atoms with E-state index >= 15 is 0 Å². The third kappa shape index (κ3) is 11.0. The van der Waals surface area contributed by atoms with Crippen LogP contribution < -0.4 is 21.9 Å². The van der Waals surface area contributed by atoms with Gasteiger partial charge in [0.25, 0.3) is 0 Å². The molecule has 2 aromatic carbocycles. The Balaban J connectivity index is 0.000000237. The molecule has 0 saturated heterocycles. The van der Waals surface area contributed by atoms with Crippen molar-refractivity contribution in [2.24, 2.45) is 0 Å². The average molecular weight is 1010 g/mol. The number of nitrogens with two attached hydrogens (primary N) is 2. The molecule has 0 fully saturated rings. The highest BCUT2D eigenvalue weighted by atomic mass is 79.9. The van der Waals surface area contributed by atoms with Crippen LogP contribution in [-0.2, 0) is 13.1 Å². The first-order valence-corrected chi connectivity index (χ1v) is 18.8. The van der Waals surface area contributed by atoms with Crippen molar-refractivity contribution in [3.63, 3.8) is 0 Å². The molecule has 5 N–H and O–H groups in total. The third-order valence-corrected chi connectivity index (χ3v) is 9.13. The van der Waals surface area contributed by atoms with Gasteiger partial charge in [-0.15, -0.1) is 13.2 Å². The van der Waals surface area contributed by atoms with Crippen molar-refractivity contribution >= 4 is 114 Å². The van der Waals surface area contributed by atoms with Crippen LogP contribution in [0.1, 0.15) is 24.0 Å². The normalized spacial score (nSPS) is 10.4. The summed E-state index contributed by atoms with van der Waals surface area (Å²) in [7, 11) is 0. The minimum absolute atomic E-state index is 0. The van der Waals surface area contributed by atoms with Crippen LogP contribution in [0, 0.1) is 0 Å². The lowest BCUT2D eigenvalue weighted by molar-refractivity contribution is 0.300. The van der Waals surface area contributed by atoms with Gasteiger partial charge in [0.1, 0.15) is 11.3 Å². The number of nitrogen functional groups attached to an aromatic ring is 2. The number of ether oxygens (including phenoxy) is 1. The number of rotatable bonds is 10. The summed E-state index contributed by atoms with van der Waals surface area (Å²) in [6.07, 6.45) is 5.44. The fourth-order valence-corrected chi connectivity index (χ4v) is 6.43. The molecule has 50 heavy (non-hydrogen) atoms. The quantitative estimate of drug-likeness (QED) is 0.0529. The van der Waals surface area contributed by atoms with Crippen molar-refractivity contribution in [1.29, 1.82) is 0 Å². The molecule has 0 radical (unpaired) electrons. The van der Waals surface area contributed by atoms with Gasteiger partial charge in [-0.2, -0.15) is 15.0 Å². The molecule has 6 aromatic rings. The van der Waals surface area contributed by atoms with Gasteiger partial charge in [-0.25, -0.2) is 14.8 Å². The van der Waals surface area contributed by atoms with E-state index in [1.165, 1.54) is 0 Å². The Labute approximate surface area is 328 Å². The van der Waals surface area contributed by atoms with E-state index in [-0.39, 0.29) is 16.5 Å². The Morgan fingerprint density at radius 2 is 1.32 bits per heavy atom. The predicted octanol–water partition coefficient (Wildman–Crippen LogP) is 8.32. The fourth-order valence-electron chi connectivity index (χ4n) is 4.28. The second-order valence-electron chi connectivity index (χ2n) is 10.1. The lowest BCUT2D eigenvalue weighted by Crippen LogP contribution is -2.14. The van der Waals surface area contributed by atoms with E-state index in [9.17, 15) is 4.79 Å². The van der Waals surface area contributed by atoms with Crippen LogP contribution in [0.2, 0.25) is 0 Å². The van der Waals surface area contributed by atoms with Crippen molar-refractivity contribution in [3.8, 4) is 6.01 Å². The molecule has 0 unspecified atom stereocenters. The molecule has 0 saturated carbocycles. The zero-order chi connectivity index (χ0) is 35.5. The summed E-state index contributed by atoms with van der Waals surface area (Å²) >= 11 is 17.0. The summed E-state index contributed by atoms with van der Waals surface area (Å²) in [5.74, 6) is 0.510. The predicted molar refractivity (Wildman–Crippen MR) is 216 cm³/mol. The number of benzene rings is 2. The van der Waals surface area contributed by atoms with Crippen LogP contribution >= 0.6 is 79.6 Å². The zero-order valence-corrected chi connectivity index (χ0v) is 34.3. The number of nitrogens with zero attached hydrogens (tertiary/aromatic N) is 7. The SMILES string of the molecule is C=CCCBr.C=CCCOc1nc(N)c2nc(Br)n(Cc3cccc(Br)c3)c2n1.F.Nc1[nH]c(=O)nc2c1nc(Br)n2Cc1cccc(Br)c1. The smallest absolute Gasteiger partial charge is 0.348 e. The first-order chi connectivity index (χ1) is 23.5. The molecule has 0 atom stereocenters. The molecular formula is C32H32Br5FN10O2. The summed E-state index contributed by atoms with van der Waals surface area (Å²) in [5, 5.41) is 1.04. The molecule has 0 bridgehead atoms. The Hall–Kier alpha value is -3.45.